The number of nitro benzene ring substituents is 1. The number of alkyl halides is 6. The molecule has 0 spiro atoms. The van der Waals surface area contributed by atoms with Crippen molar-refractivity contribution in [1.82, 2.24) is 4.90 Å². The maximum atomic E-state index is 13.4. The van der Waals surface area contributed by atoms with Gasteiger partial charge in [0.05, 0.1) is 23.2 Å². The van der Waals surface area contributed by atoms with Crippen molar-refractivity contribution in [3.05, 3.63) is 63.7 Å². The molecule has 14 heteroatoms. The standard InChI is InChI=1S/C27H30F6N4O3S/c1-34(21-8-11-24(37(38)39)23(16-21)27(31,32)33)19-6-9-22(10-7-19)40-17-25(41)36-14-12-35(13-15-36)20-4-2-18(3-5-20)26(28,29)30/h2-5,8,11,16,19,22H,6-7,9-10,12-15,17H2,1H3/t19-,22-. The third-order valence-corrected chi connectivity index (χ3v) is 8.09. The first-order valence-corrected chi connectivity index (χ1v) is 13.5. The van der Waals surface area contributed by atoms with Crippen LogP contribution in [0.2, 0.25) is 0 Å². The maximum absolute atomic E-state index is 13.4. The number of hydrogen-bond acceptors (Lipinski definition) is 6. The minimum Gasteiger partial charge on any atom is -0.372 e. The van der Waals surface area contributed by atoms with Gasteiger partial charge in [-0.05, 0) is 62.1 Å². The molecule has 2 aliphatic rings. The normalized spacial score (nSPS) is 20.2. The van der Waals surface area contributed by atoms with Crippen molar-refractivity contribution in [2.75, 3.05) is 49.6 Å². The number of halogens is 6. The molecule has 0 N–H and O–H groups in total. The van der Waals surface area contributed by atoms with E-state index in [1.54, 1.807) is 11.9 Å². The van der Waals surface area contributed by atoms with Crippen molar-refractivity contribution < 1.29 is 36.0 Å². The summed E-state index contributed by atoms with van der Waals surface area (Å²) in [6.07, 6.45) is -6.51. The van der Waals surface area contributed by atoms with Gasteiger partial charge < -0.3 is 19.4 Å². The van der Waals surface area contributed by atoms with Gasteiger partial charge in [-0.25, -0.2) is 0 Å². The fourth-order valence-corrected chi connectivity index (χ4v) is 5.55. The summed E-state index contributed by atoms with van der Waals surface area (Å²) in [5.41, 5.74) is -1.92. The van der Waals surface area contributed by atoms with E-state index in [0.717, 1.165) is 30.0 Å². The summed E-state index contributed by atoms with van der Waals surface area (Å²) in [6.45, 7) is 2.73. The first-order chi connectivity index (χ1) is 19.2. The zero-order valence-corrected chi connectivity index (χ0v) is 23.1. The quantitative estimate of drug-likeness (QED) is 0.154. The second-order valence-corrected chi connectivity index (χ2v) is 10.7. The summed E-state index contributed by atoms with van der Waals surface area (Å²) in [7, 11) is 1.69. The highest BCUT2D eigenvalue weighted by Gasteiger charge is 2.39. The number of piperazine rings is 1. The van der Waals surface area contributed by atoms with Crippen LogP contribution in [0.4, 0.5) is 43.4 Å². The average Bonchev–Trinajstić information content (AvgIpc) is 2.94. The van der Waals surface area contributed by atoms with Gasteiger partial charge in [-0.1, -0.05) is 12.2 Å². The Balaban J connectivity index is 1.22. The van der Waals surface area contributed by atoms with Gasteiger partial charge >= 0.3 is 12.4 Å². The lowest BCUT2D eigenvalue weighted by Crippen LogP contribution is -2.49. The zero-order chi connectivity index (χ0) is 29.9. The summed E-state index contributed by atoms with van der Waals surface area (Å²) in [5.74, 6) is 0. The number of rotatable bonds is 7. The van der Waals surface area contributed by atoms with Gasteiger partial charge in [0.15, 0.2) is 0 Å². The molecule has 0 aromatic heterocycles. The Morgan fingerprint density at radius 3 is 2.12 bits per heavy atom. The first kappa shape index (κ1) is 30.8. The van der Waals surface area contributed by atoms with E-state index < -0.39 is 34.1 Å². The van der Waals surface area contributed by atoms with E-state index in [1.165, 1.54) is 18.2 Å². The van der Waals surface area contributed by atoms with Gasteiger partial charge in [0.2, 0.25) is 0 Å². The average molecular weight is 605 g/mol. The first-order valence-electron chi connectivity index (χ1n) is 13.1. The van der Waals surface area contributed by atoms with Gasteiger partial charge in [-0.3, -0.25) is 10.1 Å². The molecule has 0 bridgehead atoms. The number of anilines is 2. The molecular weight excluding hydrogens is 574 g/mol. The minimum atomic E-state index is -4.84. The fraction of sp³-hybridized carbons (Fsp3) is 0.519. The fourth-order valence-electron chi connectivity index (χ4n) is 5.30. The van der Waals surface area contributed by atoms with Crippen LogP contribution in [0, 0.1) is 10.1 Å². The van der Waals surface area contributed by atoms with Crippen molar-refractivity contribution in [3.8, 4) is 0 Å². The summed E-state index contributed by atoms with van der Waals surface area (Å²) < 4.78 is 84.7. The highest BCUT2D eigenvalue weighted by atomic mass is 32.1. The SMILES string of the molecule is CN(c1ccc([N+](=O)[O-])c(C(F)(F)F)c1)[C@H]1CC[C@H](OCC(=S)N2CCN(c3ccc(C(F)(F)F)cc3)CC2)CC1. The number of ether oxygens (including phenoxy) is 1. The van der Waals surface area contributed by atoms with Gasteiger partial charge in [0.25, 0.3) is 5.69 Å². The van der Waals surface area contributed by atoms with Crippen molar-refractivity contribution >= 4 is 34.3 Å². The van der Waals surface area contributed by atoms with Crippen LogP contribution in [-0.2, 0) is 17.1 Å². The van der Waals surface area contributed by atoms with Crippen molar-refractivity contribution in [3.63, 3.8) is 0 Å². The second-order valence-electron chi connectivity index (χ2n) is 10.2. The van der Waals surface area contributed by atoms with E-state index in [0.29, 0.717) is 56.9 Å². The van der Waals surface area contributed by atoms with E-state index in [9.17, 15) is 36.5 Å². The molecule has 2 aromatic rings. The molecule has 4 rings (SSSR count). The molecule has 41 heavy (non-hydrogen) atoms. The Labute approximate surface area is 238 Å². The summed E-state index contributed by atoms with van der Waals surface area (Å²) >= 11 is 5.56. The van der Waals surface area contributed by atoms with Gasteiger partial charge in [0.1, 0.15) is 10.6 Å². The number of nitrogens with zero attached hydrogens (tertiary/aromatic N) is 4. The molecule has 7 nitrogen and oxygen atoms in total. The molecule has 1 heterocycles. The topological polar surface area (TPSA) is 62.1 Å². The molecular formula is C27H30F6N4O3S. The third-order valence-electron chi connectivity index (χ3n) is 7.72. The Hall–Kier alpha value is -3.13. The van der Waals surface area contributed by atoms with Gasteiger partial charge in [-0.2, -0.15) is 26.3 Å². The van der Waals surface area contributed by atoms with Crippen LogP contribution in [0.5, 0.6) is 0 Å². The van der Waals surface area contributed by atoms with Crippen LogP contribution in [0.25, 0.3) is 0 Å². The molecule has 0 radical (unpaired) electrons. The van der Waals surface area contributed by atoms with Crippen LogP contribution in [-0.4, -0.2) is 66.8 Å². The number of nitro groups is 1. The maximum Gasteiger partial charge on any atom is 0.423 e. The Morgan fingerprint density at radius 2 is 1.59 bits per heavy atom. The van der Waals surface area contributed by atoms with Crippen LogP contribution in [0.3, 0.4) is 0 Å². The molecule has 0 unspecified atom stereocenters. The molecule has 224 valence electrons. The number of benzene rings is 2. The van der Waals surface area contributed by atoms with Crippen LogP contribution in [0.1, 0.15) is 36.8 Å². The van der Waals surface area contributed by atoms with Crippen LogP contribution in [0.15, 0.2) is 42.5 Å². The summed E-state index contributed by atoms with van der Waals surface area (Å²) in [6, 6.07) is 8.14. The Bertz CT molecular complexity index is 1230. The molecule has 1 saturated carbocycles. The lowest BCUT2D eigenvalue weighted by Gasteiger charge is -2.38. The van der Waals surface area contributed by atoms with E-state index in [1.807, 2.05) is 9.80 Å². The van der Waals surface area contributed by atoms with E-state index >= 15 is 0 Å². The molecule has 0 amide bonds. The second kappa shape index (κ2) is 12.4. The van der Waals surface area contributed by atoms with Crippen LogP contribution >= 0.6 is 12.2 Å². The van der Waals surface area contributed by atoms with Crippen LogP contribution < -0.4 is 9.80 Å². The smallest absolute Gasteiger partial charge is 0.372 e. The summed E-state index contributed by atoms with van der Waals surface area (Å²) in [4.78, 5) is 16.4. The number of hydrogen-bond donors (Lipinski definition) is 0. The molecule has 0 atom stereocenters. The molecule has 1 aliphatic heterocycles. The molecule has 2 aromatic carbocycles. The van der Waals surface area contributed by atoms with Crippen molar-refractivity contribution in [1.29, 1.82) is 0 Å². The van der Waals surface area contributed by atoms with Crippen molar-refractivity contribution in [2.45, 2.75) is 50.2 Å². The molecule has 2 fully saturated rings. The zero-order valence-electron chi connectivity index (χ0n) is 22.2. The highest BCUT2D eigenvalue weighted by Crippen LogP contribution is 2.39. The highest BCUT2D eigenvalue weighted by molar-refractivity contribution is 7.80. The van der Waals surface area contributed by atoms with E-state index in [-0.39, 0.29) is 24.4 Å². The van der Waals surface area contributed by atoms with Gasteiger partial charge in [-0.15, -0.1) is 0 Å². The largest absolute Gasteiger partial charge is 0.423 e. The number of thiocarbonyl (C=S) groups is 1. The molecule has 1 aliphatic carbocycles. The van der Waals surface area contributed by atoms with E-state index in [2.05, 4.69) is 0 Å². The predicted molar refractivity (Wildman–Crippen MR) is 146 cm³/mol. The summed E-state index contributed by atoms with van der Waals surface area (Å²) in [5, 5.41) is 11.0. The minimum absolute atomic E-state index is 0.0392. The third kappa shape index (κ3) is 7.59. The molecule has 1 saturated heterocycles. The monoisotopic (exact) mass is 604 g/mol. The van der Waals surface area contributed by atoms with Crippen molar-refractivity contribution in [2.24, 2.45) is 0 Å². The Morgan fingerprint density at radius 1 is 0.976 bits per heavy atom. The lowest BCUT2D eigenvalue weighted by molar-refractivity contribution is -0.388. The predicted octanol–water partition coefficient (Wildman–Crippen LogP) is 6.55. The van der Waals surface area contributed by atoms with Gasteiger partial charge in [0, 0.05) is 56.7 Å². The lowest BCUT2D eigenvalue weighted by atomic mass is 9.91. The van der Waals surface area contributed by atoms with E-state index in [4.69, 9.17) is 17.0 Å². The Kier molecular flexibility index (Phi) is 9.32.